The van der Waals surface area contributed by atoms with Crippen LogP contribution in [0.15, 0.2) is 30.3 Å². The minimum atomic E-state index is -1.78. The molecule has 0 aliphatic rings. The van der Waals surface area contributed by atoms with Gasteiger partial charge in [-0.25, -0.2) is 0 Å². The van der Waals surface area contributed by atoms with Gasteiger partial charge in [-0.1, -0.05) is 30.3 Å². The van der Waals surface area contributed by atoms with Crippen molar-refractivity contribution in [2.75, 3.05) is 0 Å². The number of ether oxygens (including phenoxy) is 1. The number of esters is 1. The van der Waals surface area contributed by atoms with Gasteiger partial charge in [0.2, 0.25) is 0 Å². The molecule has 0 spiro atoms. The van der Waals surface area contributed by atoms with Crippen LogP contribution in [0.4, 0.5) is 0 Å². The average Bonchev–Trinajstić information content (AvgIpc) is 2.27. The summed E-state index contributed by atoms with van der Waals surface area (Å²) in [4.78, 5) is 22.0. The fourth-order valence-electron chi connectivity index (χ4n) is 1.20. The monoisotopic (exact) mass is 239 g/mol. The Hall–Kier alpha value is -1.92. The maximum Gasteiger partial charge on any atom is 0.324 e. The van der Waals surface area contributed by atoms with E-state index in [4.69, 9.17) is 20.7 Å². The van der Waals surface area contributed by atoms with E-state index in [1.165, 1.54) is 0 Å². The maximum absolute atomic E-state index is 11.4. The summed E-state index contributed by atoms with van der Waals surface area (Å²) in [7, 11) is 0. The third-order valence-electron chi connectivity index (χ3n) is 2.09. The van der Waals surface area contributed by atoms with Crippen molar-refractivity contribution in [2.24, 2.45) is 11.7 Å². The Morgan fingerprint density at radius 2 is 1.88 bits per heavy atom. The maximum atomic E-state index is 11.4. The van der Waals surface area contributed by atoms with Crippen LogP contribution >= 0.6 is 0 Å². The number of carbonyl (C=O) groups excluding carboxylic acids is 1. The lowest BCUT2D eigenvalue weighted by atomic mass is 10.1. The molecular weight excluding hydrogens is 226 g/mol. The molecule has 1 rings (SSSR count). The first-order valence-electron chi connectivity index (χ1n) is 4.89. The van der Waals surface area contributed by atoms with E-state index in [0.717, 1.165) is 5.56 Å². The van der Waals surface area contributed by atoms with Gasteiger partial charge in [-0.15, -0.1) is 0 Å². The Balaban J connectivity index is 2.57. The lowest BCUT2D eigenvalue weighted by Crippen LogP contribution is -2.41. The molecule has 1 aromatic carbocycles. The highest BCUT2D eigenvalue weighted by molar-refractivity contribution is 5.94. The average molecular weight is 239 g/mol. The van der Waals surface area contributed by atoms with Gasteiger partial charge in [-0.3, -0.25) is 9.59 Å². The molecule has 0 aromatic heterocycles. The Morgan fingerprint density at radius 3 is 2.35 bits per heavy atom. The van der Waals surface area contributed by atoms with Crippen LogP contribution in [0.1, 0.15) is 5.56 Å². The summed E-state index contributed by atoms with van der Waals surface area (Å²) in [5.74, 6) is -4.34. The third kappa shape index (κ3) is 3.86. The van der Waals surface area contributed by atoms with Gasteiger partial charge in [0.05, 0.1) is 0 Å². The van der Waals surface area contributed by atoms with Crippen LogP contribution in [0.2, 0.25) is 0 Å². The largest absolute Gasteiger partial charge is 0.480 e. The molecule has 1 aromatic rings. The van der Waals surface area contributed by atoms with Crippen LogP contribution in [0.5, 0.6) is 0 Å². The summed E-state index contributed by atoms with van der Waals surface area (Å²) >= 11 is 0. The van der Waals surface area contributed by atoms with Crippen molar-refractivity contribution in [2.45, 2.75) is 12.8 Å². The van der Waals surface area contributed by atoms with Crippen LogP contribution in [0, 0.1) is 5.92 Å². The quantitative estimate of drug-likeness (QED) is 0.370. The molecule has 0 fully saturated rings. The van der Waals surface area contributed by atoms with Crippen LogP contribution in [-0.4, -0.2) is 28.4 Å². The molecular formula is C11H13NO5. The van der Waals surface area contributed by atoms with Crippen molar-refractivity contribution in [1.29, 1.82) is 0 Å². The first kappa shape index (κ1) is 13.1. The number of hydrogen-bond acceptors (Lipinski definition) is 5. The van der Waals surface area contributed by atoms with Gasteiger partial charge >= 0.3 is 11.9 Å². The Labute approximate surface area is 97.6 Å². The van der Waals surface area contributed by atoms with E-state index >= 15 is 0 Å². The first-order valence-corrected chi connectivity index (χ1v) is 4.89. The van der Waals surface area contributed by atoms with Gasteiger partial charge in [0.1, 0.15) is 12.8 Å². The second-order valence-electron chi connectivity index (χ2n) is 3.40. The summed E-state index contributed by atoms with van der Waals surface area (Å²) in [5.41, 5.74) is 5.70. The fraction of sp³-hybridized carbons (Fsp3) is 0.273. The van der Waals surface area contributed by atoms with Gasteiger partial charge in [0.25, 0.3) is 0 Å². The van der Waals surface area contributed by atoms with E-state index in [0.29, 0.717) is 0 Å². The molecule has 0 saturated carbocycles. The van der Waals surface area contributed by atoms with Crippen molar-refractivity contribution in [3.05, 3.63) is 35.9 Å². The number of nitrogens with two attached hydrogens (primary N) is 1. The predicted molar refractivity (Wildman–Crippen MR) is 57.6 cm³/mol. The highest BCUT2D eigenvalue weighted by Crippen LogP contribution is 2.07. The minimum Gasteiger partial charge on any atom is -0.480 e. The number of carbonyl (C=O) groups is 2. The molecule has 0 radical (unpaired) electrons. The van der Waals surface area contributed by atoms with Crippen LogP contribution in [-0.2, 0) is 20.9 Å². The number of carboxylic acid groups (broad SMARTS) is 1. The van der Waals surface area contributed by atoms with E-state index in [9.17, 15) is 9.59 Å². The smallest absolute Gasteiger partial charge is 0.324 e. The van der Waals surface area contributed by atoms with Crippen LogP contribution < -0.4 is 5.73 Å². The van der Waals surface area contributed by atoms with Crippen molar-refractivity contribution in [1.82, 2.24) is 0 Å². The zero-order valence-electron chi connectivity index (χ0n) is 8.95. The summed E-state index contributed by atoms with van der Waals surface area (Å²) in [6.07, 6.45) is -1.78. The van der Waals surface area contributed by atoms with E-state index < -0.39 is 24.1 Å². The number of aliphatic hydroxyl groups excluding tert-OH is 1. The highest BCUT2D eigenvalue weighted by atomic mass is 16.5. The van der Waals surface area contributed by atoms with Crippen LogP contribution in [0.3, 0.4) is 0 Å². The molecule has 0 aliphatic carbocycles. The van der Waals surface area contributed by atoms with Gasteiger partial charge in [-0.05, 0) is 5.56 Å². The molecule has 0 amide bonds. The number of hydrogen-bond donors (Lipinski definition) is 3. The molecule has 0 saturated heterocycles. The topological polar surface area (TPSA) is 110 Å². The van der Waals surface area contributed by atoms with Gasteiger partial charge < -0.3 is 20.7 Å². The molecule has 92 valence electrons. The third-order valence-corrected chi connectivity index (χ3v) is 2.09. The Morgan fingerprint density at radius 1 is 1.29 bits per heavy atom. The molecule has 0 heterocycles. The fourth-order valence-corrected chi connectivity index (χ4v) is 1.20. The van der Waals surface area contributed by atoms with Gasteiger partial charge in [-0.2, -0.15) is 0 Å². The van der Waals surface area contributed by atoms with Crippen molar-refractivity contribution in [3.8, 4) is 0 Å². The zero-order valence-corrected chi connectivity index (χ0v) is 8.95. The summed E-state index contributed by atoms with van der Waals surface area (Å²) in [5, 5.41) is 17.6. The lowest BCUT2D eigenvalue weighted by molar-refractivity contribution is -0.164. The van der Waals surface area contributed by atoms with E-state index in [2.05, 4.69) is 0 Å². The van der Waals surface area contributed by atoms with Crippen molar-refractivity contribution >= 4 is 11.9 Å². The molecule has 0 aliphatic heterocycles. The Kier molecular flexibility index (Phi) is 4.62. The molecule has 6 heteroatoms. The predicted octanol–water partition coefficient (Wildman–Crippen LogP) is -0.292. The van der Waals surface area contributed by atoms with E-state index in [-0.39, 0.29) is 6.61 Å². The second kappa shape index (κ2) is 5.97. The SMILES string of the molecule is NC(O)[C@H](C(=O)O)C(=O)OCc1ccccc1. The van der Waals surface area contributed by atoms with Gasteiger partial charge in [0, 0.05) is 0 Å². The van der Waals surface area contributed by atoms with E-state index in [1.54, 1.807) is 30.3 Å². The van der Waals surface area contributed by atoms with Crippen molar-refractivity contribution < 1.29 is 24.5 Å². The molecule has 0 bridgehead atoms. The lowest BCUT2D eigenvalue weighted by Gasteiger charge is -2.14. The zero-order chi connectivity index (χ0) is 12.8. The minimum absolute atomic E-state index is 0.0594. The number of aliphatic hydroxyl groups is 1. The van der Waals surface area contributed by atoms with Crippen molar-refractivity contribution in [3.63, 3.8) is 0 Å². The Bertz CT molecular complexity index is 390. The molecule has 17 heavy (non-hydrogen) atoms. The number of rotatable bonds is 5. The molecule has 2 atom stereocenters. The number of carboxylic acids is 1. The van der Waals surface area contributed by atoms with Gasteiger partial charge in [0.15, 0.2) is 5.92 Å². The summed E-state index contributed by atoms with van der Waals surface area (Å²) in [6.45, 7) is -0.0594. The first-order chi connectivity index (χ1) is 8.02. The normalized spacial score (nSPS) is 13.8. The standard InChI is InChI=1S/C11H13NO5/c12-9(13)8(10(14)15)11(16)17-6-7-4-2-1-3-5-7/h1-5,8-9,13H,6,12H2,(H,14,15)/t8-,9?/m1/s1. The number of aliphatic carboxylic acids is 1. The summed E-state index contributed by atoms with van der Waals surface area (Å²) in [6, 6.07) is 8.77. The molecule has 1 unspecified atom stereocenters. The second-order valence-corrected chi connectivity index (χ2v) is 3.40. The molecule has 4 N–H and O–H groups in total. The number of benzene rings is 1. The summed E-state index contributed by atoms with van der Waals surface area (Å²) < 4.78 is 4.75. The molecule has 6 nitrogen and oxygen atoms in total. The highest BCUT2D eigenvalue weighted by Gasteiger charge is 2.33. The van der Waals surface area contributed by atoms with E-state index in [1.807, 2.05) is 0 Å². The van der Waals surface area contributed by atoms with Crippen LogP contribution in [0.25, 0.3) is 0 Å².